The van der Waals surface area contributed by atoms with Crippen LogP contribution in [0.1, 0.15) is 0 Å². The zero-order chi connectivity index (χ0) is 17.8. The van der Waals surface area contributed by atoms with E-state index in [0.29, 0.717) is 0 Å². The van der Waals surface area contributed by atoms with Gasteiger partial charge in [0.05, 0.1) is 0 Å². The second-order valence-corrected chi connectivity index (χ2v) is 10.8. The maximum Gasteiger partial charge on any atom is 0.201 e. The lowest BCUT2D eigenvalue weighted by Gasteiger charge is -2.33. The van der Waals surface area contributed by atoms with Crippen molar-refractivity contribution < 1.29 is 0 Å². The van der Waals surface area contributed by atoms with Gasteiger partial charge in [0.2, 0.25) is 8.07 Å². The first-order valence-electron chi connectivity index (χ1n) is 8.61. The van der Waals surface area contributed by atoms with Crippen LogP contribution < -0.4 is 20.9 Å². The fourth-order valence-corrected chi connectivity index (χ4v) is 8.73. The van der Waals surface area contributed by atoms with Crippen LogP contribution in [0.4, 0.5) is 0 Å². The van der Waals surface area contributed by atoms with Crippen molar-refractivity contribution in [3.63, 3.8) is 0 Å². The van der Waals surface area contributed by atoms with Crippen LogP contribution in [-0.4, -0.2) is 13.1 Å². The van der Waals surface area contributed by atoms with E-state index in [1.807, 2.05) is 6.07 Å². The molecule has 0 aliphatic carbocycles. The highest BCUT2D eigenvalue weighted by Gasteiger charge is 2.42. The highest BCUT2D eigenvalue weighted by molar-refractivity contribution is 9.10. The third kappa shape index (κ3) is 2.94. The molecule has 0 aliphatic heterocycles. The molecule has 3 heteroatoms. The molecule has 1 aromatic heterocycles. The Balaban J connectivity index is 2.14. The van der Waals surface area contributed by atoms with Gasteiger partial charge in [-0.25, -0.2) is 4.98 Å². The molecule has 0 N–H and O–H groups in total. The summed E-state index contributed by atoms with van der Waals surface area (Å²) < 4.78 is 0.870. The lowest BCUT2D eigenvalue weighted by molar-refractivity contribution is 1.32. The largest absolute Gasteiger partial charge is 0.249 e. The molecule has 0 saturated carbocycles. The van der Waals surface area contributed by atoms with Crippen LogP contribution in [0.2, 0.25) is 0 Å². The average Bonchev–Trinajstić information content (AvgIpc) is 2.71. The first-order valence-corrected chi connectivity index (χ1v) is 11.4. The molecule has 0 atom stereocenters. The number of aromatic nitrogens is 1. The van der Waals surface area contributed by atoms with Gasteiger partial charge < -0.3 is 0 Å². The van der Waals surface area contributed by atoms with Crippen molar-refractivity contribution in [3.05, 3.63) is 114 Å². The van der Waals surface area contributed by atoms with E-state index in [9.17, 15) is 0 Å². The number of benzene rings is 3. The third-order valence-electron chi connectivity index (χ3n) is 4.72. The Labute approximate surface area is 163 Å². The van der Waals surface area contributed by atoms with Crippen LogP contribution in [0.3, 0.4) is 0 Å². The predicted octanol–water partition coefficient (Wildman–Crippen LogP) is 3.22. The summed E-state index contributed by atoms with van der Waals surface area (Å²) in [6.07, 6.45) is 0. The van der Waals surface area contributed by atoms with Gasteiger partial charge in [0.25, 0.3) is 0 Å². The van der Waals surface area contributed by atoms with Crippen molar-refractivity contribution in [1.82, 2.24) is 4.98 Å². The number of hydrogen-bond acceptors (Lipinski definition) is 1. The highest BCUT2D eigenvalue weighted by atomic mass is 79.9. The molecule has 26 heavy (non-hydrogen) atoms. The van der Waals surface area contributed by atoms with Crippen molar-refractivity contribution >= 4 is 44.9 Å². The molecule has 126 valence electrons. The van der Waals surface area contributed by atoms with Gasteiger partial charge in [-0.2, -0.15) is 0 Å². The highest BCUT2D eigenvalue weighted by Crippen LogP contribution is 2.10. The molecule has 0 unspecified atom stereocenters. The van der Waals surface area contributed by atoms with E-state index < -0.39 is 8.07 Å². The van der Waals surface area contributed by atoms with Crippen LogP contribution >= 0.6 is 15.9 Å². The second-order valence-electron chi connectivity index (χ2n) is 6.19. The van der Waals surface area contributed by atoms with E-state index in [0.717, 1.165) is 9.92 Å². The SMILES string of the molecule is Brc1cccc([Si](c2ccccc2)(c2ccccc2)c2ccccc2)n1. The van der Waals surface area contributed by atoms with Crippen molar-refractivity contribution in [2.75, 3.05) is 0 Å². The van der Waals surface area contributed by atoms with Crippen LogP contribution in [0, 0.1) is 0 Å². The smallest absolute Gasteiger partial charge is 0.201 e. The molecule has 4 aromatic rings. The lowest BCUT2D eigenvalue weighted by atomic mass is 10.3. The number of pyridine rings is 1. The molecule has 0 aliphatic rings. The Morgan fingerprint density at radius 2 is 0.923 bits per heavy atom. The summed E-state index contributed by atoms with van der Waals surface area (Å²) in [5.41, 5.74) is 0. The Kier molecular flexibility index (Phi) is 4.82. The Morgan fingerprint density at radius 1 is 0.500 bits per heavy atom. The summed E-state index contributed by atoms with van der Waals surface area (Å²) in [5, 5.41) is 5.14. The molecule has 0 saturated heterocycles. The van der Waals surface area contributed by atoms with Crippen LogP contribution in [0.15, 0.2) is 114 Å². The molecule has 1 nitrogen and oxygen atoms in total. The van der Waals surface area contributed by atoms with Crippen molar-refractivity contribution in [2.45, 2.75) is 0 Å². The minimum absolute atomic E-state index is 0.870. The van der Waals surface area contributed by atoms with Crippen LogP contribution in [0.5, 0.6) is 0 Å². The van der Waals surface area contributed by atoms with E-state index in [-0.39, 0.29) is 0 Å². The van der Waals surface area contributed by atoms with Crippen molar-refractivity contribution in [1.29, 1.82) is 0 Å². The second kappa shape index (κ2) is 7.40. The van der Waals surface area contributed by atoms with E-state index in [4.69, 9.17) is 4.98 Å². The Bertz CT molecular complexity index is 891. The van der Waals surface area contributed by atoms with Crippen molar-refractivity contribution in [3.8, 4) is 0 Å². The maximum atomic E-state index is 4.95. The minimum atomic E-state index is -2.47. The number of hydrogen-bond donors (Lipinski definition) is 0. The molecule has 4 rings (SSSR count). The molecule has 3 aromatic carbocycles. The fourth-order valence-electron chi connectivity index (χ4n) is 3.63. The van der Waals surface area contributed by atoms with Gasteiger partial charge in [-0.05, 0) is 43.6 Å². The zero-order valence-electron chi connectivity index (χ0n) is 14.2. The lowest BCUT2D eigenvalue weighted by Crippen LogP contribution is -2.75. The van der Waals surface area contributed by atoms with Gasteiger partial charge in [-0.15, -0.1) is 0 Å². The van der Waals surface area contributed by atoms with Gasteiger partial charge in [0.1, 0.15) is 4.60 Å². The molecular weight excluding hydrogens is 398 g/mol. The maximum absolute atomic E-state index is 4.95. The zero-order valence-corrected chi connectivity index (χ0v) is 16.8. The number of rotatable bonds is 4. The van der Waals surface area contributed by atoms with Gasteiger partial charge in [-0.1, -0.05) is 97.1 Å². The number of halogens is 1. The summed E-state index contributed by atoms with van der Waals surface area (Å²) in [7, 11) is -2.47. The first kappa shape index (κ1) is 16.9. The predicted molar refractivity (Wildman–Crippen MR) is 116 cm³/mol. The van der Waals surface area contributed by atoms with E-state index in [2.05, 4.69) is 119 Å². The monoisotopic (exact) mass is 415 g/mol. The molecule has 1 heterocycles. The van der Waals surface area contributed by atoms with Gasteiger partial charge in [0, 0.05) is 5.32 Å². The molecular formula is C23H18BrNSi. The summed E-state index contributed by atoms with van der Waals surface area (Å²) in [5.74, 6) is 0. The molecule has 0 fully saturated rings. The van der Waals surface area contributed by atoms with Crippen LogP contribution in [0.25, 0.3) is 0 Å². The molecule has 0 bridgehead atoms. The minimum Gasteiger partial charge on any atom is -0.249 e. The van der Waals surface area contributed by atoms with E-state index >= 15 is 0 Å². The quantitative estimate of drug-likeness (QED) is 0.283. The van der Waals surface area contributed by atoms with E-state index in [1.54, 1.807) is 0 Å². The van der Waals surface area contributed by atoms with Crippen molar-refractivity contribution in [2.24, 2.45) is 0 Å². The molecule has 0 radical (unpaired) electrons. The summed E-state index contributed by atoms with van der Waals surface area (Å²) in [6, 6.07) is 38.7. The fraction of sp³-hybridized carbons (Fsp3) is 0. The summed E-state index contributed by atoms with van der Waals surface area (Å²) >= 11 is 3.58. The molecule has 0 spiro atoms. The summed E-state index contributed by atoms with van der Waals surface area (Å²) in [6.45, 7) is 0. The third-order valence-corrected chi connectivity index (χ3v) is 9.81. The van der Waals surface area contributed by atoms with Gasteiger partial charge >= 0.3 is 0 Å². The first-order chi connectivity index (χ1) is 12.8. The van der Waals surface area contributed by atoms with Gasteiger partial charge in [0.15, 0.2) is 0 Å². The topological polar surface area (TPSA) is 12.9 Å². The van der Waals surface area contributed by atoms with E-state index in [1.165, 1.54) is 15.6 Å². The van der Waals surface area contributed by atoms with Gasteiger partial charge in [-0.3, -0.25) is 0 Å². The number of nitrogens with zero attached hydrogens (tertiary/aromatic N) is 1. The Morgan fingerprint density at radius 3 is 1.31 bits per heavy atom. The average molecular weight is 416 g/mol. The molecule has 0 amide bonds. The standard InChI is InChI=1S/C23H18BrNSi/c24-22-17-10-18-23(25-22)26(19-11-4-1-5-12-19,20-13-6-2-7-14-20)21-15-8-3-9-16-21/h1-18H. The Hall–Kier alpha value is -2.49. The summed E-state index contributed by atoms with van der Waals surface area (Å²) in [4.78, 5) is 4.95. The van der Waals surface area contributed by atoms with Crippen LogP contribution in [-0.2, 0) is 0 Å². The normalized spacial score (nSPS) is 11.3.